The number of piperidine rings is 1. The monoisotopic (exact) mass is 378 g/mol. The molecule has 0 radical (unpaired) electrons. The lowest BCUT2D eigenvalue weighted by atomic mass is 10.1. The molecule has 6 nitrogen and oxygen atoms in total. The highest BCUT2D eigenvalue weighted by atomic mass is 32.2. The molecule has 1 aliphatic rings. The summed E-state index contributed by atoms with van der Waals surface area (Å²) in [6, 6.07) is 4.88. The Kier molecular flexibility index (Phi) is 4.90. The van der Waals surface area contributed by atoms with Crippen LogP contribution < -0.4 is 0 Å². The van der Waals surface area contributed by atoms with Gasteiger partial charge in [0.05, 0.1) is 18.5 Å². The molecule has 140 valence electrons. The number of benzene rings is 1. The maximum Gasteiger partial charge on any atom is 0.211 e. The number of sulfonamides is 1. The predicted molar refractivity (Wildman–Crippen MR) is 101 cm³/mol. The van der Waals surface area contributed by atoms with Crippen LogP contribution in [0.4, 0.5) is 4.39 Å². The molecule has 3 aromatic rings. The Labute approximate surface area is 152 Å². The van der Waals surface area contributed by atoms with E-state index >= 15 is 0 Å². The Morgan fingerprint density at radius 1 is 1.27 bits per heavy atom. The topological polar surface area (TPSA) is 71.0 Å². The summed E-state index contributed by atoms with van der Waals surface area (Å²) < 4.78 is 40.0. The third kappa shape index (κ3) is 3.39. The Morgan fingerprint density at radius 3 is 2.69 bits per heavy atom. The van der Waals surface area contributed by atoms with E-state index in [1.54, 1.807) is 12.3 Å². The van der Waals surface area contributed by atoms with Crippen LogP contribution >= 0.6 is 0 Å². The molecule has 1 aliphatic heterocycles. The van der Waals surface area contributed by atoms with E-state index in [9.17, 15) is 12.8 Å². The molecule has 1 N–H and O–H groups in total. The minimum atomic E-state index is -3.12. The average molecular weight is 378 g/mol. The van der Waals surface area contributed by atoms with Crippen LogP contribution in [-0.4, -0.2) is 46.8 Å². The van der Waals surface area contributed by atoms with Crippen molar-refractivity contribution in [3.63, 3.8) is 0 Å². The molecule has 3 heterocycles. The van der Waals surface area contributed by atoms with Crippen molar-refractivity contribution in [2.45, 2.75) is 26.3 Å². The summed E-state index contributed by atoms with van der Waals surface area (Å²) in [6.07, 6.45) is 8.37. The highest BCUT2D eigenvalue weighted by Gasteiger charge is 2.26. The maximum atomic E-state index is 13.3. The zero-order chi connectivity index (χ0) is 17.6. The van der Waals surface area contributed by atoms with Gasteiger partial charge in [-0.1, -0.05) is 7.43 Å². The number of aromatic amines is 1. The highest BCUT2D eigenvalue weighted by molar-refractivity contribution is 7.88. The van der Waals surface area contributed by atoms with Gasteiger partial charge in [0.1, 0.15) is 5.82 Å². The van der Waals surface area contributed by atoms with Crippen LogP contribution in [0.5, 0.6) is 0 Å². The van der Waals surface area contributed by atoms with E-state index in [0.29, 0.717) is 13.1 Å². The first-order chi connectivity index (χ1) is 11.9. The zero-order valence-corrected chi connectivity index (χ0v) is 14.6. The summed E-state index contributed by atoms with van der Waals surface area (Å²) in [7, 11) is -3.12. The van der Waals surface area contributed by atoms with E-state index in [4.69, 9.17) is 0 Å². The molecule has 1 saturated heterocycles. The van der Waals surface area contributed by atoms with Crippen LogP contribution in [-0.2, 0) is 10.0 Å². The van der Waals surface area contributed by atoms with Gasteiger partial charge in [0, 0.05) is 47.5 Å². The third-order valence-corrected chi connectivity index (χ3v) is 6.13. The first kappa shape index (κ1) is 18.6. The van der Waals surface area contributed by atoms with Crippen molar-refractivity contribution in [3.05, 3.63) is 42.6 Å². The standard InChI is InChI=1S/C17H19FN4O2S.CH4/c1-25(23,24)21-6-4-14(5-7-21)22-11-12(9-20-22)16-10-19-17-8-13(18)2-3-15(16)17;/h2-3,8-11,14,19H,4-7H2,1H3;1H4. The number of hydrogen-bond acceptors (Lipinski definition) is 3. The maximum absolute atomic E-state index is 13.3. The number of nitrogens with one attached hydrogen (secondary N) is 1. The normalized spacial score (nSPS) is 16.7. The van der Waals surface area contributed by atoms with Crippen LogP contribution in [0.25, 0.3) is 22.0 Å². The van der Waals surface area contributed by atoms with E-state index in [2.05, 4.69) is 10.1 Å². The van der Waals surface area contributed by atoms with Gasteiger partial charge in [-0.05, 0) is 31.0 Å². The molecular weight excluding hydrogens is 355 g/mol. The summed E-state index contributed by atoms with van der Waals surface area (Å²) in [5.41, 5.74) is 2.70. The minimum Gasteiger partial charge on any atom is -0.360 e. The molecule has 1 fully saturated rings. The van der Waals surface area contributed by atoms with Gasteiger partial charge in [-0.2, -0.15) is 5.10 Å². The fourth-order valence-electron chi connectivity index (χ4n) is 3.45. The number of hydrogen-bond donors (Lipinski definition) is 1. The number of rotatable bonds is 3. The molecule has 1 aromatic carbocycles. The van der Waals surface area contributed by atoms with E-state index in [0.717, 1.165) is 34.9 Å². The second kappa shape index (κ2) is 6.85. The Morgan fingerprint density at radius 2 is 2.00 bits per heavy atom. The highest BCUT2D eigenvalue weighted by Crippen LogP contribution is 2.31. The van der Waals surface area contributed by atoms with Gasteiger partial charge in [-0.15, -0.1) is 0 Å². The zero-order valence-electron chi connectivity index (χ0n) is 13.8. The Hall–Kier alpha value is -2.19. The summed E-state index contributed by atoms with van der Waals surface area (Å²) in [4.78, 5) is 3.09. The number of fused-ring (bicyclic) bond motifs is 1. The molecule has 0 spiro atoms. The molecule has 2 aromatic heterocycles. The van der Waals surface area contributed by atoms with Crippen LogP contribution in [0.1, 0.15) is 26.3 Å². The molecule has 26 heavy (non-hydrogen) atoms. The number of aromatic nitrogens is 3. The van der Waals surface area contributed by atoms with Gasteiger partial charge < -0.3 is 4.98 Å². The minimum absolute atomic E-state index is 0. The van der Waals surface area contributed by atoms with Gasteiger partial charge >= 0.3 is 0 Å². The van der Waals surface area contributed by atoms with Gasteiger partial charge in [0.15, 0.2) is 0 Å². The van der Waals surface area contributed by atoms with Crippen LogP contribution in [0.15, 0.2) is 36.8 Å². The van der Waals surface area contributed by atoms with Crippen molar-refractivity contribution in [2.24, 2.45) is 0 Å². The van der Waals surface area contributed by atoms with Crippen molar-refractivity contribution in [1.29, 1.82) is 0 Å². The number of nitrogens with zero attached hydrogens (tertiary/aromatic N) is 3. The van der Waals surface area contributed by atoms with E-state index < -0.39 is 10.0 Å². The van der Waals surface area contributed by atoms with E-state index in [1.165, 1.54) is 22.7 Å². The largest absolute Gasteiger partial charge is 0.360 e. The fraction of sp³-hybridized carbons (Fsp3) is 0.389. The predicted octanol–water partition coefficient (Wildman–Crippen LogP) is 3.40. The summed E-state index contributed by atoms with van der Waals surface area (Å²) in [5.74, 6) is -0.269. The second-order valence-electron chi connectivity index (χ2n) is 6.49. The molecule has 8 heteroatoms. The average Bonchev–Trinajstić information content (AvgIpc) is 3.20. The fourth-order valence-corrected chi connectivity index (χ4v) is 4.33. The lowest BCUT2D eigenvalue weighted by Gasteiger charge is -2.30. The van der Waals surface area contributed by atoms with Crippen LogP contribution in [0.2, 0.25) is 0 Å². The van der Waals surface area contributed by atoms with Gasteiger partial charge in [-0.25, -0.2) is 17.1 Å². The SMILES string of the molecule is C.CS(=O)(=O)N1CCC(n2cc(-c3c[nH]c4cc(F)ccc34)cn2)CC1. The van der Waals surface area contributed by atoms with E-state index in [-0.39, 0.29) is 19.3 Å². The van der Waals surface area contributed by atoms with Gasteiger partial charge in [0.2, 0.25) is 10.0 Å². The van der Waals surface area contributed by atoms with Crippen molar-refractivity contribution >= 4 is 20.9 Å². The lowest BCUT2D eigenvalue weighted by molar-refractivity contribution is 0.262. The molecule has 0 amide bonds. The number of halogens is 1. The summed E-state index contributed by atoms with van der Waals surface area (Å²) in [5, 5.41) is 5.42. The quantitative estimate of drug-likeness (QED) is 0.759. The van der Waals surface area contributed by atoms with Gasteiger partial charge in [0.25, 0.3) is 0 Å². The van der Waals surface area contributed by atoms with Crippen molar-refractivity contribution in [3.8, 4) is 11.1 Å². The van der Waals surface area contributed by atoms with Crippen molar-refractivity contribution < 1.29 is 12.8 Å². The van der Waals surface area contributed by atoms with Crippen LogP contribution in [0, 0.1) is 5.82 Å². The molecule has 0 atom stereocenters. The molecule has 4 rings (SSSR count). The molecule has 0 unspecified atom stereocenters. The molecule has 0 aliphatic carbocycles. The second-order valence-corrected chi connectivity index (χ2v) is 8.48. The molecular formula is C18H23FN4O2S. The Bertz CT molecular complexity index is 1020. The summed E-state index contributed by atoms with van der Waals surface area (Å²) >= 11 is 0. The third-order valence-electron chi connectivity index (χ3n) is 4.82. The molecule has 0 saturated carbocycles. The van der Waals surface area contributed by atoms with Gasteiger partial charge in [-0.3, -0.25) is 4.68 Å². The van der Waals surface area contributed by atoms with E-state index in [1.807, 2.05) is 17.1 Å². The first-order valence-corrected chi connectivity index (χ1v) is 10.0. The number of H-pyrrole nitrogens is 1. The smallest absolute Gasteiger partial charge is 0.211 e. The summed E-state index contributed by atoms with van der Waals surface area (Å²) in [6.45, 7) is 1.04. The van der Waals surface area contributed by atoms with Crippen molar-refractivity contribution in [2.75, 3.05) is 19.3 Å². The Balaban J connectivity index is 0.00000196. The van der Waals surface area contributed by atoms with Crippen molar-refractivity contribution in [1.82, 2.24) is 19.1 Å². The first-order valence-electron chi connectivity index (χ1n) is 8.18. The molecule has 0 bridgehead atoms. The van der Waals surface area contributed by atoms with Crippen LogP contribution in [0.3, 0.4) is 0 Å². The lowest BCUT2D eigenvalue weighted by Crippen LogP contribution is -2.38.